The normalized spacial score (nSPS) is 22.1. The van der Waals surface area contributed by atoms with Gasteiger partial charge in [-0.2, -0.15) is 0 Å². The molecule has 1 fully saturated rings. The van der Waals surface area contributed by atoms with Crippen LogP contribution in [0.1, 0.15) is 52.9 Å². The molecule has 0 radical (unpaired) electrons. The summed E-state index contributed by atoms with van der Waals surface area (Å²) in [5, 5.41) is 0. The molecule has 19 heavy (non-hydrogen) atoms. The maximum Gasteiger partial charge on any atom is 0.0332 e. The molecular weight excluding hydrogens is 234 g/mol. The largest absolute Gasteiger partial charge is 0.329 e. The Bertz CT molecular complexity index is 251. The van der Waals surface area contributed by atoms with Gasteiger partial charge in [0.25, 0.3) is 0 Å². The third kappa shape index (κ3) is 4.73. The summed E-state index contributed by atoms with van der Waals surface area (Å²) < 4.78 is 0. The zero-order valence-corrected chi connectivity index (χ0v) is 13.8. The predicted molar refractivity (Wildman–Crippen MR) is 84.5 cm³/mol. The topological polar surface area (TPSA) is 32.5 Å². The van der Waals surface area contributed by atoms with Crippen LogP contribution in [0.2, 0.25) is 0 Å². The summed E-state index contributed by atoms with van der Waals surface area (Å²) in [6, 6.07) is 0. The second-order valence-corrected chi connectivity index (χ2v) is 7.33. The molecule has 0 saturated heterocycles. The minimum Gasteiger partial charge on any atom is -0.329 e. The van der Waals surface area contributed by atoms with Crippen molar-refractivity contribution in [2.45, 2.75) is 58.4 Å². The lowest BCUT2D eigenvalue weighted by molar-refractivity contribution is 0.0246. The smallest absolute Gasteiger partial charge is 0.0332 e. The van der Waals surface area contributed by atoms with E-state index in [-0.39, 0.29) is 5.54 Å². The highest BCUT2D eigenvalue weighted by Gasteiger charge is 2.40. The number of hydrogen-bond donors (Lipinski definition) is 1. The van der Waals surface area contributed by atoms with Gasteiger partial charge in [-0.25, -0.2) is 0 Å². The van der Waals surface area contributed by atoms with Crippen LogP contribution < -0.4 is 5.73 Å². The Hall–Kier alpha value is -0.120. The molecule has 0 amide bonds. The zero-order chi connectivity index (χ0) is 14.5. The molecule has 0 heterocycles. The standard InChI is InChI=1S/C16H35N3/c1-6-19(13-7-12-18(4)5)16(14-17)10-8-15(2,3)9-11-16/h6-14,17H2,1-5H3. The van der Waals surface area contributed by atoms with Crippen LogP contribution >= 0.6 is 0 Å². The van der Waals surface area contributed by atoms with Gasteiger partial charge in [-0.3, -0.25) is 4.90 Å². The van der Waals surface area contributed by atoms with Crippen molar-refractivity contribution in [3.63, 3.8) is 0 Å². The fraction of sp³-hybridized carbons (Fsp3) is 1.00. The number of nitrogens with two attached hydrogens (primary N) is 1. The minimum absolute atomic E-state index is 0.274. The van der Waals surface area contributed by atoms with E-state index in [4.69, 9.17) is 5.73 Å². The Morgan fingerprint density at radius 3 is 2.00 bits per heavy atom. The minimum atomic E-state index is 0.274. The van der Waals surface area contributed by atoms with E-state index in [1.54, 1.807) is 0 Å². The van der Waals surface area contributed by atoms with Gasteiger partial charge in [-0.1, -0.05) is 20.8 Å². The van der Waals surface area contributed by atoms with Crippen molar-refractivity contribution in [2.75, 3.05) is 40.3 Å². The number of nitrogens with zero attached hydrogens (tertiary/aromatic N) is 2. The summed E-state index contributed by atoms with van der Waals surface area (Å²) in [6.45, 7) is 11.4. The Morgan fingerprint density at radius 2 is 1.58 bits per heavy atom. The Labute approximate surface area is 120 Å². The van der Waals surface area contributed by atoms with E-state index < -0.39 is 0 Å². The van der Waals surface area contributed by atoms with Crippen LogP contribution in [0.15, 0.2) is 0 Å². The van der Waals surface area contributed by atoms with Crippen molar-refractivity contribution in [2.24, 2.45) is 11.1 Å². The van der Waals surface area contributed by atoms with Gasteiger partial charge >= 0.3 is 0 Å². The van der Waals surface area contributed by atoms with Gasteiger partial charge in [0.1, 0.15) is 0 Å². The first-order valence-electron chi connectivity index (χ1n) is 7.95. The van der Waals surface area contributed by atoms with Crippen molar-refractivity contribution in [3.8, 4) is 0 Å². The van der Waals surface area contributed by atoms with Crippen molar-refractivity contribution in [3.05, 3.63) is 0 Å². The average Bonchev–Trinajstić information content (AvgIpc) is 2.36. The number of rotatable bonds is 7. The van der Waals surface area contributed by atoms with Gasteiger partial charge in [0, 0.05) is 12.1 Å². The van der Waals surface area contributed by atoms with Gasteiger partial charge in [0.05, 0.1) is 0 Å². The summed E-state index contributed by atoms with van der Waals surface area (Å²) in [6.07, 6.45) is 6.41. The third-order valence-electron chi connectivity index (χ3n) is 5.00. The fourth-order valence-corrected chi connectivity index (χ4v) is 3.35. The maximum absolute atomic E-state index is 6.18. The molecule has 0 aromatic heterocycles. The molecule has 0 aliphatic heterocycles. The maximum atomic E-state index is 6.18. The molecule has 114 valence electrons. The molecule has 1 rings (SSSR count). The van der Waals surface area contributed by atoms with Gasteiger partial charge in [-0.05, 0) is 71.2 Å². The first-order chi connectivity index (χ1) is 8.85. The van der Waals surface area contributed by atoms with E-state index in [1.807, 2.05) is 0 Å². The van der Waals surface area contributed by atoms with Crippen molar-refractivity contribution >= 4 is 0 Å². The monoisotopic (exact) mass is 269 g/mol. The Morgan fingerprint density at radius 1 is 1.00 bits per heavy atom. The lowest BCUT2D eigenvalue weighted by atomic mass is 9.68. The molecule has 3 nitrogen and oxygen atoms in total. The van der Waals surface area contributed by atoms with Gasteiger partial charge in [0.2, 0.25) is 0 Å². The van der Waals surface area contributed by atoms with Gasteiger partial charge in [-0.15, -0.1) is 0 Å². The Balaban J connectivity index is 2.60. The van der Waals surface area contributed by atoms with Crippen molar-refractivity contribution in [1.29, 1.82) is 0 Å². The summed E-state index contributed by atoms with van der Waals surface area (Å²) >= 11 is 0. The van der Waals surface area contributed by atoms with E-state index in [0.717, 1.165) is 13.1 Å². The highest BCUT2D eigenvalue weighted by Crippen LogP contribution is 2.42. The molecule has 1 saturated carbocycles. The van der Waals surface area contributed by atoms with Crippen molar-refractivity contribution in [1.82, 2.24) is 9.80 Å². The molecule has 0 aromatic rings. The molecular formula is C16H35N3. The SMILES string of the molecule is CCN(CCCN(C)C)C1(CN)CCC(C)(C)CC1. The van der Waals surface area contributed by atoms with Crippen LogP contribution in [-0.2, 0) is 0 Å². The van der Waals surface area contributed by atoms with Gasteiger partial charge in [0.15, 0.2) is 0 Å². The third-order valence-corrected chi connectivity index (χ3v) is 5.00. The van der Waals surface area contributed by atoms with E-state index in [1.165, 1.54) is 45.2 Å². The van der Waals surface area contributed by atoms with E-state index >= 15 is 0 Å². The number of hydrogen-bond acceptors (Lipinski definition) is 3. The lowest BCUT2D eigenvalue weighted by Crippen LogP contribution is -2.56. The van der Waals surface area contributed by atoms with Crippen LogP contribution in [0.3, 0.4) is 0 Å². The highest BCUT2D eigenvalue weighted by atomic mass is 15.2. The quantitative estimate of drug-likeness (QED) is 0.771. The second-order valence-electron chi connectivity index (χ2n) is 7.33. The molecule has 0 aromatic carbocycles. The van der Waals surface area contributed by atoms with E-state index in [0.29, 0.717) is 5.41 Å². The molecule has 0 spiro atoms. The van der Waals surface area contributed by atoms with Crippen LogP contribution in [-0.4, -0.2) is 55.6 Å². The summed E-state index contributed by atoms with van der Waals surface area (Å²) in [7, 11) is 4.30. The molecule has 1 aliphatic carbocycles. The second kappa shape index (κ2) is 7.05. The molecule has 2 N–H and O–H groups in total. The predicted octanol–water partition coefficient (Wildman–Crippen LogP) is 2.56. The van der Waals surface area contributed by atoms with E-state index in [9.17, 15) is 0 Å². The van der Waals surface area contributed by atoms with Gasteiger partial charge < -0.3 is 10.6 Å². The fourth-order valence-electron chi connectivity index (χ4n) is 3.35. The number of likely N-dealkylation sites (N-methyl/N-ethyl adjacent to an activating group) is 1. The van der Waals surface area contributed by atoms with Crippen LogP contribution in [0.4, 0.5) is 0 Å². The van der Waals surface area contributed by atoms with Crippen LogP contribution in [0.5, 0.6) is 0 Å². The lowest BCUT2D eigenvalue weighted by Gasteiger charge is -2.49. The zero-order valence-electron chi connectivity index (χ0n) is 13.8. The van der Waals surface area contributed by atoms with E-state index in [2.05, 4.69) is 44.7 Å². The molecule has 3 heteroatoms. The average molecular weight is 269 g/mol. The molecule has 0 unspecified atom stereocenters. The summed E-state index contributed by atoms with van der Waals surface area (Å²) in [5.41, 5.74) is 6.97. The van der Waals surface area contributed by atoms with Crippen LogP contribution in [0, 0.1) is 5.41 Å². The van der Waals surface area contributed by atoms with Crippen LogP contribution in [0.25, 0.3) is 0 Å². The molecule has 0 atom stereocenters. The summed E-state index contributed by atoms with van der Waals surface area (Å²) in [5.74, 6) is 0. The van der Waals surface area contributed by atoms with Crippen molar-refractivity contribution < 1.29 is 0 Å². The summed E-state index contributed by atoms with van der Waals surface area (Å²) in [4.78, 5) is 4.93. The molecule has 1 aliphatic rings. The molecule has 0 bridgehead atoms. The first-order valence-corrected chi connectivity index (χ1v) is 7.95. The highest BCUT2D eigenvalue weighted by molar-refractivity contribution is 4.97. The first kappa shape index (κ1) is 16.9. The Kier molecular flexibility index (Phi) is 6.28.